The van der Waals surface area contributed by atoms with E-state index in [0.717, 1.165) is 11.1 Å². The van der Waals surface area contributed by atoms with Crippen LogP contribution in [0.4, 0.5) is 5.69 Å². The third-order valence-electron chi connectivity index (χ3n) is 4.75. The summed E-state index contributed by atoms with van der Waals surface area (Å²) < 4.78 is 39.0. The zero-order chi connectivity index (χ0) is 21.0. The summed E-state index contributed by atoms with van der Waals surface area (Å²) in [6.45, 7) is 7.59. The van der Waals surface area contributed by atoms with Crippen molar-refractivity contribution in [3.63, 3.8) is 0 Å². The molecule has 0 aromatic heterocycles. The summed E-state index contributed by atoms with van der Waals surface area (Å²) in [5.41, 5.74) is 2.36. The highest BCUT2D eigenvalue weighted by atomic mass is 32.2. The molecular weight excluding hydrogens is 392 g/mol. The number of aryl methyl sites for hydroxylation is 2. The van der Waals surface area contributed by atoms with Gasteiger partial charge in [-0.1, -0.05) is 12.1 Å². The average molecular weight is 419 g/mol. The molecule has 1 N–H and O–H groups in total. The highest BCUT2D eigenvalue weighted by Crippen LogP contribution is 2.23. The minimum absolute atomic E-state index is 0.110. The van der Waals surface area contributed by atoms with E-state index >= 15 is 0 Å². The van der Waals surface area contributed by atoms with Crippen LogP contribution < -0.4 is 9.46 Å². The van der Waals surface area contributed by atoms with Crippen molar-refractivity contribution < 1.29 is 22.7 Å². The fourth-order valence-electron chi connectivity index (χ4n) is 3.04. The number of sulfonamides is 1. The number of morpholine rings is 1. The molecule has 29 heavy (non-hydrogen) atoms. The van der Waals surface area contributed by atoms with E-state index in [1.807, 2.05) is 26.0 Å². The predicted octanol–water partition coefficient (Wildman–Crippen LogP) is 2.73. The van der Waals surface area contributed by atoms with E-state index in [1.54, 1.807) is 30.0 Å². The zero-order valence-corrected chi connectivity index (χ0v) is 17.7. The van der Waals surface area contributed by atoms with Crippen molar-refractivity contribution in [3.05, 3.63) is 53.6 Å². The smallest absolute Gasteiger partial charge is 0.263 e. The largest absolute Gasteiger partial charge is 0.481 e. The molecule has 2 aromatic rings. The molecule has 1 heterocycles. The van der Waals surface area contributed by atoms with Gasteiger partial charge in [0.1, 0.15) is 5.75 Å². The van der Waals surface area contributed by atoms with Crippen LogP contribution in [0.25, 0.3) is 0 Å². The van der Waals surface area contributed by atoms with Gasteiger partial charge in [0.2, 0.25) is 0 Å². The Kier molecular flexibility index (Phi) is 6.44. The number of rotatable bonds is 6. The molecule has 0 bridgehead atoms. The van der Waals surface area contributed by atoms with Crippen molar-refractivity contribution in [2.75, 3.05) is 31.0 Å². The third kappa shape index (κ3) is 5.27. The summed E-state index contributed by atoms with van der Waals surface area (Å²) in [6.07, 6.45) is -0.663. The van der Waals surface area contributed by atoms with Crippen molar-refractivity contribution in [1.82, 2.24) is 4.90 Å². The van der Waals surface area contributed by atoms with Crippen LogP contribution in [0.3, 0.4) is 0 Å². The Morgan fingerprint density at radius 2 is 1.76 bits per heavy atom. The maximum absolute atomic E-state index is 12.7. The molecule has 0 unspecified atom stereocenters. The summed E-state index contributed by atoms with van der Waals surface area (Å²) in [6, 6.07) is 11.6. The monoisotopic (exact) mass is 418 g/mol. The van der Waals surface area contributed by atoms with Crippen LogP contribution in [0.1, 0.15) is 18.1 Å². The van der Waals surface area contributed by atoms with Crippen LogP contribution in [0.5, 0.6) is 5.75 Å². The maximum atomic E-state index is 12.7. The third-order valence-corrected chi connectivity index (χ3v) is 6.14. The molecule has 2 aromatic carbocycles. The van der Waals surface area contributed by atoms with Gasteiger partial charge >= 0.3 is 0 Å². The SMILES string of the molecule is Cc1ccc(C)c(NS(=O)(=O)c2ccc(O[C@H](C)C(=O)N3CCOCC3)cc2)c1. The first-order valence-electron chi connectivity index (χ1n) is 9.49. The molecule has 1 aliphatic heterocycles. The highest BCUT2D eigenvalue weighted by Gasteiger charge is 2.24. The molecule has 1 aliphatic rings. The number of carbonyl (C=O) groups is 1. The van der Waals surface area contributed by atoms with E-state index in [-0.39, 0.29) is 10.8 Å². The Morgan fingerprint density at radius 1 is 1.10 bits per heavy atom. The van der Waals surface area contributed by atoms with Crippen LogP contribution in [-0.2, 0) is 19.6 Å². The van der Waals surface area contributed by atoms with Gasteiger partial charge in [0, 0.05) is 13.1 Å². The van der Waals surface area contributed by atoms with E-state index in [9.17, 15) is 13.2 Å². The number of nitrogens with zero attached hydrogens (tertiary/aromatic N) is 1. The van der Waals surface area contributed by atoms with Crippen LogP contribution in [-0.4, -0.2) is 51.6 Å². The molecule has 3 rings (SSSR count). The van der Waals surface area contributed by atoms with Gasteiger partial charge in [-0.3, -0.25) is 9.52 Å². The molecule has 1 atom stereocenters. The molecule has 0 saturated carbocycles. The molecule has 1 fully saturated rings. The summed E-state index contributed by atoms with van der Waals surface area (Å²) in [7, 11) is -3.73. The number of hydrogen-bond donors (Lipinski definition) is 1. The van der Waals surface area contributed by atoms with Gasteiger partial charge in [-0.2, -0.15) is 0 Å². The molecule has 1 saturated heterocycles. The lowest BCUT2D eigenvalue weighted by atomic mass is 10.1. The quantitative estimate of drug-likeness (QED) is 0.780. The van der Waals surface area contributed by atoms with Gasteiger partial charge in [0.15, 0.2) is 6.10 Å². The normalized spacial score (nSPS) is 15.6. The Morgan fingerprint density at radius 3 is 2.41 bits per heavy atom. The molecule has 0 spiro atoms. The summed E-state index contributed by atoms with van der Waals surface area (Å²) in [5, 5.41) is 0. The molecule has 8 heteroatoms. The number of hydrogen-bond acceptors (Lipinski definition) is 5. The lowest BCUT2D eigenvalue weighted by Gasteiger charge is -2.29. The van der Waals surface area contributed by atoms with Crippen molar-refractivity contribution in [2.24, 2.45) is 0 Å². The van der Waals surface area contributed by atoms with E-state index in [4.69, 9.17) is 9.47 Å². The van der Waals surface area contributed by atoms with Gasteiger partial charge < -0.3 is 14.4 Å². The van der Waals surface area contributed by atoms with Crippen molar-refractivity contribution in [3.8, 4) is 5.75 Å². The first kappa shape index (κ1) is 21.1. The van der Waals surface area contributed by atoms with E-state index in [1.165, 1.54) is 12.1 Å². The number of anilines is 1. The predicted molar refractivity (Wildman–Crippen MR) is 111 cm³/mol. The van der Waals surface area contributed by atoms with Gasteiger partial charge in [-0.05, 0) is 62.2 Å². The van der Waals surface area contributed by atoms with Gasteiger partial charge in [0.05, 0.1) is 23.8 Å². The minimum Gasteiger partial charge on any atom is -0.481 e. The highest BCUT2D eigenvalue weighted by molar-refractivity contribution is 7.92. The number of ether oxygens (including phenoxy) is 2. The maximum Gasteiger partial charge on any atom is 0.263 e. The zero-order valence-electron chi connectivity index (χ0n) is 16.8. The molecule has 1 amide bonds. The summed E-state index contributed by atoms with van der Waals surface area (Å²) in [5.74, 6) is 0.325. The van der Waals surface area contributed by atoms with Crippen LogP contribution in [0.15, 0.2) is 47.4 Å². The molecule has 7 nitrogen and oxygen atoms in total. The van der Waals surface area contributed by atoms with E-state index in [2.05, 4.69) is 4.72 Å². The van der Waals surface area contributed by atoms with Gasteiger partial charge in [-0.15, -0.1) is 0 Å². The standard InChI is InChI=1S/C21H26N2O5S/c1-15-4-5-16(2)20(14-15)22-29(25,26)19-8-6-18(7-9-19)28-17(3)21(24)23-10-12-27-13-11-23/h4-9,14,17,22H,10-13H2,1-3H3/t17-/m1/s1. The van der Waals surface area contributed by atoms with Crippen LogP contribution >= 0.6 is 0 Å². The minimum atomic E-state index is -3.73. The lowest BCUT2D eigenvalue weighted by Crippen LogP contribution is -2.46. The number of nitrogens with one attached hydrogen (secondary N) is 1. The lowest BCUT2D eigenvalue weighted by molar-refractivity contribution is -0.142. The second-order valence-electron chi connectivity index (χ2n) is 7.09. The van der Waals surface area contributed by atoms with Crippen molar-refractivity contribution in [1.29, 1.82) is 0 Å². The fraction of sp³-hybridized carbons (Fsp3) is 0.381. The molecule has 0 aliphatic carbocycles. The summed E-state index contributed by atoms with van der Waals surface area (Å²) >= 11 is 0. The van der Waals surface area contributed by atoms with Crippen LogP contribution in [0.2, 0.25) is 0 Å². The van der Waals surface area contributed by atoms with Crippen molar-refractivity contribution in [2.45, 2.75) is 31.8 Å². The average Bonchev–Trinajstić information content (AvgIpc) is 2.71. The number of carbonyl (C=O) groups excluding carboxylic acids is 1. The van der Waals surface area contributed by atoms with E-state index < -0.39 is 16.1 Å². The Hall–Kier alpha value is -2.58. The second-order valence-corrected chi connectivity index (χ2v) is 8.78. The first-order chi connectivity index (χ1) is 13.8. The topological polar surface area (TPSA) is 84.9 Å². The first-order valence-corrected chi connectivity index (χ1v) is 11.0. The number of benzene rings is 2. The second kappa shape index (κ2) is 8.84. The fourth-order valence-corrected chi connectivity index (χ4v) is 4.16. The number of amides is 1. The van der Waals surface area contributed by atoms with E-state index in [0.29, 0.717) is 37.7 Å². The van der Waals surface area contributed by atoms with Crippen LogP contribution in [0, 0.1) is 13.8 Å². The van der Waals surface area contributed by atoms with Gasteiger partial charge in [-0.25, -0.2) is 8.42 Å². The Labute approximate surface area is 171 Å². The Bertz CT molecular complexity index is 967. The molecule has 0 radical (unpaired) electrons. The molecular formula is C21H26N2O5S. The van der Waals surface area contributed by atoms with Gasteiger partial charge in [0.25, 0.3) is 15.9 Å². The van der Waals surface area contributed by atoms with Crippen molar-refractivity contribution >= 4 is 21.6 Å². The molecule has 156 valence electrons. The summed E-state index contributed by atoms with van der Waals surface area (Å²) in [4.78, 5) is 14.3. The Balaban J connectivity index is 1.67.